The van der Waals surface area contributed by atoms with Crippen LogP contribution in [-0.4, -0.2) is 53.1 Å². The summed E-state index contributed by atoms with van der Waals surface area (Å²) in [5.74, 6) is -0.554. The van der Waals surface area contributed by atoms with E-state index in [-0.39, 0.29) is 11.4 Å². The molecule has 0 aromatic heterocycles. The Morgan fingerprint density at radius 1 is 1.11 bits per heavy atom. The van der Waals surface area contributed by atoms with E-state index in [1.54, 1.807) is 49.9 Å². The van der Waals surface area contributed by atoms with E-state index in [1.165, 1.54) is 11.8 Å². The smallest absolute Gasteiger partial charge is 0.323 e. The molecule has 1 saturated heterocycles. The maximum atomic E-state index is 13.2. The first-order chi connectivity index (χ1) is 13.2. The molecule has 1 aliphatic rings. The number of carbonyl (C=O) groups is 1. The molecule has 28 heavy (non-hydrogen) atoms. The van der Waals surface area contributed by atoms with Gasteiger partial charge in [0.2, 0.25) is 10.0 Å². The molecule has 5 nitrogen and oxygen atoms in total. The van der Waals surface area contributed by atoms with Gasteiger partial charge in [0.1, 0.15) is 6.04 Å². The molecule has 150 valence electrons. The van der Waals surface area contributed by atoms with Gasteiger partial charge in [0.05, 0.1) is 4.90 Å². The molecule has 1 aliphatic heterocycles. The first-order valence-electron chi connectivity index (χ1n) is 8.80. The van der Waals surface area contributed by atoms with Crippen molar-refractivity contribution in [3.8, 4) is 11.1 Å². The average Bonchev–Trinajstić information content (AvgIpc) is 2.67. The Bertz CT molecular complexity index is 954. The van der Waals surface area contributed by atoms with Gasteiger partial charge in [-0.05, 0) is 55.5 Å². The minimum Gasteiger partial charge on any atom is -0.480 e. The number of sulfonamides is 1. The molecule has 2 aromatic carbocycles. The average molecular weight is 438 g/mol. The highest BCUT2D eigenvalue weighted by atomic mass is 32.2. The lowest BCUT2D eigenvalue weighted by Crippen LogP contribution is -2.58. The largest absolute Gasteiger partial charge is 0.480 e. The van der Waals surface area contributed by atoms with Crippen molar-refractivity contribution in [2.24, 2.45) is 0 Å². The van der Waals surface area contributed by atoms with Crippen LogP contribution in [0.4, 0.5) is 0 Å². The summed E-state index contributed by atoms with van der Waals surface area (Å²) in [6.45, 7) is 3.74. The summed E-state index contributed by atoms with van der Waals surface area (Å²) in [5, 5.41) is 9.67. The standard InChI is InChI=1S/C20H23NO4S3/c1-20(2)18(19(22)23)21(12-13-27-20)28(24,25)17-10-6-15(7-11-17)14-4-8-16(26-3)9-5-14/h4-11,18H,12-13H2,1-3H3,(H,22,23)/t18-/m0/s1. The van der Waals surface area contributed by atoms with E-state index in [2.05, 4.69) is 0 Å². The Morgan fingerprint density at radius 3 is 2.14 bits per heavy atom. The zero-order valence-electron chi connectivity index (χ0n) is 16.0. The monoisotopic (exact) mass is 437 g/mol. The maximum absolute atomic E-state index is 13.2. The van der Waals surface area contributed by atoms with Crippen molar-refractivity contribution in [3.05, 3.63) is 48.5 Å². The minimum absolute atomic E-state index is 0.117. The first kappa shape index (κ1) is 21.2. The van der Waals surface area contributed by atoms with Gasteiger partial charge in [0, 0.05) is 21.9 Å². The van der Waals surface area contributed by atoms with Crippen molar-refractivity contribution in [3.63, 3.8) is 0 Å². The fourth-order valence-corrected chi connectivity index (χ4v) is 6.88. The summed E-state index contributed by atoms with van der Waals surface area (Å²) in [4.78, 5) is 13.1. The number of thioether (sulfide) groups is 2. The van der Waals surface area contributed by atoms with Gasteiger partial charge in [-0.2, -0.15) is 16.1 Å². The van der Waals surface area contributed by atoms with Crippen LogP contribution in [0.25, 0.3) is 11.1 Å². The van der Waals surface area contributed by atoms with Gasteiger partial charge >= 0.3 is 5.97 Å². The third-order valence-corrected chi connectivity index (χ3v) is 8.83. The van der Waals surface area contributed by atoms with Crippen molar-refractivity contribution in [1.82, 2.24) is 4.31 Å². The third kappa shape index (κ3) is 4.10. The van der Waals surface area contributed by atoms with Crippen LogP contribution in [0, 0.1) is 0 Å². The molecule has 3 rings (SSSR count). The number of aliphatic carboxylic acids is 1. The summed E-state index contributed by atoms with van der Waals surface area (Å²) in [6, 6.07) is 13.6. The second-order valence-corrected chi connectivity index (χ2v) is 11.6. The molecule has 0 amide bonds. The van der Waals surface area contributed by atoms with E-state index in [4.69, 9.17) is 0 Å². The molecule has 1 fully saturated rings. The van der Waals surface area contributed by atoms with Crippen LogP contribution < -0.4 is 0 Å². The molecule has 0 spiro atoms. The lowest BCUT2D eigenvalue weighted by atomic mass is 10.0. The molecule has 0 saturated carbocycles. The van der Waals surface area contributed by atoms with Gasteiger partial charge < -0.3 is 5.11 Å². The number of benzene rings is 2. The summed E-state index contributed by atoms with van der Waals surface area (Å²) < 4.78 is 26.8. The molecule has 1 N–H and O–H groups in total. The third-order valence-electron chi connectivity index (χ3n) is 4.85. The van der Waals surface area contributed by atoms with E-state index in [0.29, 0.717) is 5.75 Å². The highest BCUT2D eigenvalue weighted by Crippen LogP contribution is 2.38. The SMILES string of the molecule is CSc1ccc(-c2ccc(S(=O)(=O)N3CCSC(C)(C)[C@@H]3C(=O)O)cc2)cc1. The van der Waals surface area contributed by atoms with Gasteiger partial charge in [-0.15, -0.1) is 11.8 Å². The fourth-order valence-electron chi connectivity index (χ4n) is 3.37. The van der Waals surface area contributed by atoms with Crippen LogP contribution in [0.3, 0.4) is 0 Å². The van der Waals surface area contributed by atoms with E-state index < -0.39 is 26.8 Å². The molecule has 2 aromatic rings. The number of hydrogen-bond acceptors (Lipinski definition) is 5. The Morgan fingerprint density at radius 2 is 1.64 bits per heavy atom. The molecule has 1 atom stereocenters. The molecule has 0 radical (unpaired) electrons. The number of hydrogen-bond donors (Lipinski definition) is 1. The maximum Gasteiger partial charge on any atom is 0.323 e. The fraction of sp³-hybridized carbons (Fsp3) is 0.350. The van der Waals surface area contributed by atoms with Gasteiger partial charge in [-0.3, -0.25) is 4.79 Å². The summed E-state index contributed by atoms with van der Waals surface area (Å²) in [7, 11) is -3.90. The van der Waals surface area contributed by atoms with Crippen molar-refractivity contribution in [1.29, 1.82) is 0 Å². The summed E-state index contributed by atoms with van der Waals surface area (Å²) >= 11 is 3.15. The number of carboxylic acids is 1. The summed E-state index contributed by atoms with van der Waals surface area (Å²) in [5.41, 5.74) is 1.91. The van der Waals surface area contributed by atoms with Gasteiger partial charge in [-0.1, -0.05) is 24.3 Å². The Balaban J connectivity index is 1.92. The van der Waals surface area contributed by atoms with Gasteiger partial charge in [-0.25, -0.2) is 8.42 Å². The number of nitrogens with zero attached hydrogens (tertiary/aromatic N) is 1. The number of carboxylic acid groups (broad SMARTS) is 1. The number of rotatable bonds is 5. The zero-order valence-corrected chi connectivity index (χ0v) is 18.4. The van der Waals surface area contributed by atoms with E-state index >= 15 is 0 Å². The zero-order chi connectivity index (χ0) is 20.5. The van der Waals surface area contributed by atoms with Crippen LogP contribution in [0.15, 0.2) is 58.3 Å². The van der Waals surface area contributed by atoms with Crippen LogP contribution >= 0.6 is 23.5 Å². The van der Waals surface area contributed by atoms with Crippen molar-refractivity contribution in [2.45, 2.75) is 34.4 Å². The van der Waals surface area contributed by atoms with Crippen molar-refractivity contribution < 1.29 is 18.3 Å². The minimum atomic E-state index is -3.90. The highest BCUT2D eigenvalue weighted by molar-refractivity contribution is 8.01. The van der Waals surface area contributed by atoms with Crippen LogP contribution in [-0.2, 0) is 14.8 Å². The lowest BCUT2D eigenvalue weighted by Gasteiger charge is -2.42. The lowest BCUT2D eigenvalue weighted by molar-refractivity contribution is -0.142. The normalized spacial score (nSPS) is 20.0. The Labute approximate surface area is 174 Å². The molecular formula is C20H23NO4S3. The molecule has 0 unspecified atom stereocenters. The Kier molecular flexibility index (Phi) is 6.14. The van der Waals surface area contributed by atoms with Crippen LogP contribution in [0.5, 0.6) is 0 Å². The molecular weight excluding hydrogens is 414 g/mol. The second kappa shape index (κ2) is 8.10. The van der Waals surface area contributed by atoms with E-state index in [1.807, 2.05) is 30.5 Å². The topological polar surface area (TPSA) is 74.7 Å². The van der Waals surface area contributed by atoms with Crippen LogP contribution in [0.1, 0.15) is 13.8 Å². The molecule has 0 bridgehead atoms. The second-order valence-electron chi connectivity index (χ2n) is 7.06. The van der Waals surface area contributed by atoms with E-state index in [0.717, 1.165) is 20.3 Å². The molecule has 0 aliphatic carbocycles. The predicted octanol–water partition coefficient (Wildman–Crippen LogP) is 4.04. The van der Waals surface area contributed by atoms with E-state index in [9.17, 15) is 18.3 Å². The van der Waals surface area contributed by atoms with Crippen molar-refractivity contribution >= 4 is 39.5 Å². The first-order valence-corrected chi connectivity index (χ1v) is 12.4. The quantitative estimate of drug-likeness (QED) is 0.712. The highest BCUT2D eigenvalue weighted by Gasteiger charge is 2.48. The van der Waals surface area contributed by atoms with Crippen molar-refractivity contribution in [2.75, 3.05) is 18.6 Å². The van der Waals surface area contributed by atoms with Crippen LogP contribution in [0.2, 0.25) is 0 Å². The molecule has 8 heteroatoms. The predicted molar refractivity (Wildman–Crippen MR) is 116 cm³/mol. The van der Waals surface area contributed by atoms with Gasteiger partial charge in [0.15, 0.2) is 0 Å². The Hall–Kier alpha value is -1.48. The van der Waals surface area contributed by atoms with Gasteiger partial charge in [0.25, 0.3) is 0 Å². The molecule has 1 heterocycles. The summed E-state index contributed by atoms with van der Waals surface area (Å²) in [6.07, 6.45) is 2.01.